The van der Waals surface area contributed by atoms with Crippen LogP contribution in [0.15, 0.2) is 364 Å². The fourth-order valence-corrected chi connectivity index (χ4v) is 4.10. The molecule has 0 aliphatic heterocycles. The normalized spacial score (nSPS) is 7.90. The van der Waals surface area contributed by atoms with Gasteiger partial charge in [0.05, 0.1) is 0 Å². The Bertz CT molecular complexity index is 1670. The van der Waals surface area contributed by atoms with Crippen molar-refractivity contribution >= 4 is 76.2 Å². The fourth-order valence-electron chi connectivity index (χ4n) is 4.10. The van der Waals surface area contributed by atoms with Crippen LogP contribution in [-0.4, -0.2) is 0 Å². The molecule has 0 unspecified atom stereocenters. The molecule has 0 aromatic heterocycles. The monoisotopic (exact) mass is 1630 g/mol. The van der Waals surface area contributed by atoms with Gasteiger partial charge >= 0.3 is 140 Å². The minimum atomic E-state index is -0.106. The summed E-state index contributed by atoms with van der Waals surface area (Å²) < 4.78 is 0. The van der Waals surface area contributed by atoms with Gasteiger partial charge in [-0.15, -0.1) is 0 Å². The first-order valence-electron chi connectivity index (χ1n) is 23.9. The van der Waals surface area contributed by atoms with E-state index < -0.39 is 0 Å². The van der Waals surface area contributed by atoms with Crippen LogP contribution >= 0.6 is 76.2 Å². The Morgan fingerprint density at radius 3 is 0.167 bits per heavy atom. The molecule has 0 saturated heterocycles. The molecular weight excluding hydrogens is 1570 g/mol. The van der Waals surface area contributed by atoms with Crippen molar-refractivity contribution in [1.29, 1.82) is 0 Å². The molecule has 84 heavy (non-hydrogen) atoms. The van der Waals surface area contributed by atoms with E-state index >= 15 is 0 Å². The Balaban J connectivity index is -0.000000409. The summed E-state index contributed by atoms with van der Waals surface area (Å²) in [7, 11) is 38.5. The summed E-state index contributed by atoms with van der Waals surface area (Å²) in [6.45, 7) is 0. The number of rotatable bonds is 0. The third-order valence-corrected chi connectivity index (χ3v) is 7.29. The van der Waals surface area contributed by atoms with Gasteiger partial charge < -0.3 is 0 Å². The summed E-state index contributed by atoms with van der Waals surface area (Å²) in [5.74, 6) is 0. The summed E-state index contributed by atoms with van der Waals surface area (Å²) in [6.07, 6.45) is 0. The Kier molecular flexibility index (Phi) is 94.6. The van der Waals surface area contributed by atoms with Crippen molar-refractivity contribution in [3.05, 3.63) is 437 Å². The van der Waals surface area contributed by atoms with Crippen molar-refractivity contribution in [2.75, 3.05) is 0 Å². The van der Waals surface area contributed by atoms with Gasteiger partial charge in [0.15, 0.2) is 0 Å². The van der Waals surface area contributed by atoms with Crippen molar-refractivity contribution in [2.45, 2.75) is 0 Å². The predicted octanol–water partition coefficient (Wildman–Crippen LogP) is 23.3. The molecule has 0 radical (unpaired) electrons. The third kappa shape index (κ3) is 99.6. The van der Waals surface area contributed by atoms with Gasteiger partial charge in [-0.05, 0) is 0 Å². The third-order valence-electron chi connectivity index (χ3n) is 7.29. The maximum atomic E-state index is 4.81. The smallest absolute Gasteiger partial charge is 0.171 e. The maximum absolute atomic E-state index is 4.81. The van der Waals surface area contributed by atoms with E-state index in [4.69, 9.17) is 76.2 Å². The van der Waals surface area contributed by atoms with E-state index in [1.165, 1.54) is 0 Å². The molecule has 0 aliphatic rings. The van der Waals surface area contributed by atoms with Gasteiger partial charge in [0.2, 0.25) is 0 Å². The van der Waals surface area contributed by atoms with Gasteiger partial charge in [0.25, 0.3) is 0 Å². The standard InChI is InChI=1S/12C6H5.8ClH.4Pd/c12*1-2-4-6-5-3-1;;;;;;;;;;;;/h12*1-5H;8*1H;;;;/q12*-1;;;;;;;;;4*+2/p-8. The summed E-state index contributed by atoms with van der Waals surface area (Å²) >= 11 is -0.422. The Hall–Kier alpha value is -4.39. The van der Waals surface area contributed by atoms with E-state index in [9.17, 15) is 0 Å². The van der Waals surface area contributed by atoms with Crippen molar-refractivity contribution in [1.82, 2.24) is 0 Å². The molecule has 0 N–H and O–H groups in total. The van der Waals surface area contributed by atoms with Crippen LogP contribution < -0.4 is 0 Å². The van der Waals surface area contributed by atoms with Crippen molar-refractivity contribution < 1.29 is 63.8 Å². The average Bonchev–Trinajstić information content (AvgIpc) is 3.62. The topological polar surface area (TPSA) is 0 Å². The average molecular weight is 1630 g/mol. The zero-order valence-electron chi connectivity index (χ0n) is 44.9. The van der Waals surface area contributed by atoms with E-state index in [0.717, 1.165) is 0 Å². The molecule has 0 fully saturated rings. The van der Waals surface area contributed by atoms with Crippen LogP contribution in [0.5, 0.6) is 0 Å². The molecule has 0 bridgehead atoms. The van der Waals surface area contributed by atoms with E-state index in [1.54, 1.807) is 0 Å². The first-order chi connectivity index (χ1) is 41.7. The summed E-state index contributed by atoms with van der Waals surface area (Å²) in [4.78, 5) is 0. The SMILES string of the molecule is [Cl][Pd][Cl].[Cl][Pd][Cl].[Cl][Pd][Cl].[Cl][Pd][Cl].[c-]1ccccc1.[c-]1ccccc1.[c-]1ccccc1.[c-]1ccccc1.[c-]1ccccc1.[c-]1ccccc1.[c-]1ccccc1.[c-]1ccccc1.[c-]1ccccc1.[c-]1ccccc1.[c-]1ccccc1.[c-]1ccccc1. The second kappa shape index (κ2) is 92.3. The van der Waals surface area contributed by atoms with Gasteiger partial charge in [0.1, 0.15) is 0 Å². The Labute approximate surface area is 570 Å². The van der Waals surface area contributed by atoms with Gasteiger partial charge in [-0.1, -0.05) is 0 Å². The van der Waals surface area contributed by atoms with Crippen LogP contribution in [0.25, 0.3) is 0 Å². The number of halogens is 8. The van der Waals surface area contributed by atoms with Gasteiger partial charge in [-0.3, -0.25) is 0 Å². The molecule has 0 atom stereocenters. The number of hydrogen-bond donors (Lipinski definition) is 0. The van der Waals surface area contributed by atoms with Gasteiger partial charge in [0, 0.05) is 0 Å². The molecule has 0 amide bonds. The summed E-state index contributed by atoms with van der Waals surface area (Å²) in [5.41, 5.74) is 0. The molecule has 12 aromatic carbocycles. The first-order valence-corrected chi connectivity index (χ1v) is 39.9. The molecule has 0 heterocycles. The van der Waals surface area contributed by atoms with Crippen LogP contribution in [0.2, 0.25) is 0 Å². The van der Waals surface area contributed by atoms with E-state index in [0.29, 0.717) is 0 Å². The van der Waals surface area contributed by atoms with Crippen LogP contribution in [0, 0.1) is 72.8 Å². The molecule has 12 heteroatoms. The first kappa shape index (κ1) is 86.1. The second-order valence-corrected chi connectivity index (χ2v) is 22.5. The van der Waals surface area contributed by atoms with Crippen LogP contribution in [-0.2, 0) is 63.8 Å². The summed E-state index contributed by atoms with van der Waals surface area (Å²) in [5, 5.41) is 0. The molecule has 12 aromatic rings. The zero-order chi connectivity index (χ0) is 61.7. The predicted molar refractivity (Wildman–Crippen MR) is 350 cm³/mol. The van der Waals surface area contributed by atoms with Crippen molar-refractivity contribution in [3.8, 4) is 0 Å². The van der Waals surface area contributed by atoms with Gasteiger partial charge in [-0.25, -0.2) is 0 Å². The molecule has 0 aliphatic carbocycles. The Morgan fingerprint density at radius 1 is 0.107 bits per heavy atom. The number of benzene rings is 12. The Morgan fingerprint density at radius 2 is 0.155 bits per heavy atom. The quantitative estimate of drug-likeness (QED) is 0.105. The van der Waals surface area contributed by atoms with Crippen molar-refractivity contribution in [2.24, 2.45) is 0 Å². The minimum absolute atomic E-state index is 0.106. The van der Waals surface area contributed by atoms with Gasteiger partial charge in [-0.2, -0.15) is 437 Å². The van der Waals surface area contributed by atoms with E-state index in [-0.39, 0.29) is 63.8 Å². The van der Waals surface area contributed by atoms with Crippen LogP contribution in [0.4, 0.5) is 0 Å². The summed E-state index contributed by atoms with van der Waals surface area (Å²) in [6, 6.07) is 150. The second-order valence-electron chi connectivity index (χ2n) is 13.1. The van der Waals surface area contributed by atoms with E-state index in [2.05, 4.69) is 72.8 Å². The van der Waals surface area contributed by atoms with Crippen molar-refractivity contribution in [3.63, 3.8) is 0 Å². The van der Waals surface area contributed by atoms with Crippen LogP contribution in [0.3, 0.4) is 0 Å². The molecule has 12 rings (SSSR count). The molecular formula is C72H60Cl8Pd4-12. The van der Waals surface area contributed by atoms with Crippen LogP contribution in [0.1, 0.15) is 0 Å². The molecule has 0 saturated carbocycles. The van der Waals surface area contributed by atoms with E-state index in [1.807, 2.05) is 364 Å². The number of hydrogen-bond acceptors (Lipinski definition) is 0. The largest absolute Gasteiger partial charge is 0.184 e. The fraction of sp³-hybridized carbons (Fsp3) is 0. The zero-order valence-corrected chi connectivity index (χ0v) is 57.2. The maximum Gasteiger partial charge on any atom is -0.171 e. The molecule has 0 nitrogen and oxygen atoms in total. The molecule has 0 spiro atoms. The minimum Gasteiger partial charge on any atom is -0.184 e. The molecule has 456 valence electrons.